The average Bonchev–Trinajstić information content (AvgIpc) is 3.10. The number of hydrogen-bond acceptors (Lipinski definition) is 5. The van der Waals surface area contributed by atoms with Crippen LogP contribution in [0.3, 0.4) is 0 Å². The quantitative estimate of drug-likeness (QED) is 0.829. The first-order valence-corrected chi connectivity index (χ1v) is 9.48. The second kappa shape index (κ2) is 9.73. The van der Waals surface area contributed by atoms with Gasteiger partial charge in [0.25, 0.3) is 0 Å². The van der Waals surface area contributed by atoms with Crippen molar-refractivity contribution < 1.29 is 9.53 Å². The zero-order valence-electron chi connectivity index (χ0n) is 14.2. The number of morpholine rings is 1. The Morgan fingerprint density at radius 3 is 2.96 bits per heavy atom. The van der Waals surface area contributed by atoms with Gasteiger partial charge in [-0.3, -0.25) is 9.69 Å². The number of amides is 1. The third-order valence-electron chi connectivity index (χ3n) is 4.82. The Morgan fingerprint density at radius 2 is 2.29 bits per heavy atom. The minimum atomic E-state index is 0. The van der Waals surface area contributed by atoms with Crippen molar-refractivity contribution in [2.45, 2.75) is 31.8 Å². The fourth-order valence-electron chi connectivity index (χ4n) is 3.49. The van der Waals surface area contributed by atoms with Gasteiger partial charge in [-0.1, -0.05) is 6.07 Å². The van der Waals surface area contributed by atoms with Crippen LogP contribution >= 0.6 is 23.7 Å². The van der Waals surface area contributed by atoms with Gasteiger partial charge >= 0.3 is 0 Å². The van der Waals surface area contributed by atoms with Gasteiger partial charge in [0.15, 0.2) is 0 Å². The van der Waals surface area contributed by atoms with Crippen LogP contribution in [0.15, 0.2) is 17.5 Å². The highest BCUT2D eigenvalue weighted by atomic mass is 35.5. The molecule has 0 aromatic carbocycles. The van der Waals surface area contributed by atoms with Gasteiger partial charge in [0.05, 0.1) is 19.3 Å². The van der Waals surface area contributed by atoms with Gasteiger partial charge in [-0.15, -0.1) is 23.7 Å². The highest BCUT2D eigenvalue weighted by molar-refractivity contribution is 7.10. The highest BCUT2D eigenvalue weighted by Crippen LogP contribution is 2.26. The number of thiophene rings is 1. The van der Waals surface area contributed by atoms with E-state index in [2.05, 4.69) is 40.0 Å². The van der Waals surface area contributed by atoms with Crippen molar-refractivity contribution in [3.05, 3.63) is 22.4 Å². The van der Waals surface area contributed by atoms with E-state index in [1.807, 2.05) is 0 Å². The Morgan fingerprint density at radius 1 is 1.50 bits per heavy atom. The number of halogens is 1. The van der Waals surface area contributed by atoms with Crippen molar-refractivity contribution in [2.75, 3.05) is 39.4 Å². The molecule has 3 rings (SSSR count). The topological polar surface area (TPSA) is 53.6 Å². The van der Waals surface area contributed by atoms with E-state index >= 15 is 0 Å². The predicted molar refractivity (Wildman–Crippen MR) is 99.9 cm³/mol. The molecule has 1 aromatic rings. The summed E-state index contributed by atoms with van der Waals surface area (Å²) in [5, 5.41) is 8.73. The predicted octanol–water partition coefficient (Wildman–Crippen LogP) is 2.05. The Balaban J connectivity index is 0.00000208. The summed E-state index contributed by atoms with van der Waals surface area (Å²) in [6, 6.07) is 4.96. The van der Waals surface area contributed by atoms with E-state index in [1.54, 1.807) is 11.3 Å². The SMILES string of the molecule is C[C@H]1C[C@@H](C(=O)NCC(c2cccs2)N2CCOCC2)CCN1.Cl. The number of ether oxygens (including phenoxy) is 1. The summed E-state index contributed by atoms with van der Waals surface area (Å²) in [6.07, 6.45) is 1.88. The van der Waals surface area contributed by atoms with Crippen molar-refractivity contribution >= 4 is 29.7 Å². The molecule has 2 saturated heterocycles. The minimum Gasteiger partial charge on any atom is -0.379 e. The summed E-state index contributed by atoms with van der Waals surface area (Å²) >= 11 is 1.77. The zero-order valence-corrected chi connectivity index (χ0v) is 15.8. The molecule has 3 atom stereocenters. The molecule has 5 nitrogen and oxygen atoms in total. The molecule has 0 aliphatic carbocycles. The van der Waals surface area contributed by atoms with E-state index in [0.717, 1.165) is 45.7 Å². The van der Waals surface area contributed by atoms with Crippen LogP contribution in [-0.4, -0.2) is 56.2 Å². The number of nitrogens with zero attached hydrogens (tertiary/aromatic N) is 1. The molecular formula is C17H28ClN3O2S. The number of nitrogens with one attached hydrogen (secondary N) is 2. The Hall–Kier alpha value is -0.660. The first kappa shape index (κ1) is 19.7. The molecule has 1 amide bonds. The summed E-state index contributed by atoms with van der Waals surface area (Å²) < 4.78 is 5.47. The maximum absolute atomic E-state index is 12.5. The van der Waals surface area contributed by atoms with Gasteiger partial charge in [-0.25, -0.2) is 0 Å². The van der Waals surface area contributed by atoms with Crippen LogP contribution in [0.2, 0.25) is 0 Å². The maximum atomic E-state index is 12.5. The lowest BCUT2D eigenvalue weighted by molar-refractivity contribution is -0.126. The van der Waals surface area contributed by atoms with Crippen LogP contribution in [0.25, 0.3) is 0 Å². The van der Waals surface area contributed by atoms with Gasteiger partial charge in [0, 0.05) is 36.5 Å². The molecule has 2 fully saturated rings. The van der Waals surface area contributed by atoms with Gasteiger partial charge in [-0.2, -0.15) is 0 Å². The van der Waals surface area contributed by atoms with Crippen molar-refractivity contribution in [1.82, 2.24) is 15.5 Å². The first-order chi connectivity index (χ1) is 11.2. The molecule has 3 heterocycles. The molecule has 1 unspecified atom stereocenters. The normalized spacial score (nSPS) is 26.4. The highest BCUT2D eigenvalue weighted by Gasteiger charge is 2.27. The van der Waals surface area contributed by atoms with E-state index in [4.69, 9.17) is 4.74 Å². The lowest BCUT2D eigenvalue weighted by Crippen LogP contribution is -2.46. The van der Waals surface area contributed by atoms with E-state index in [0.29, 0.717) is 12.6 Å². The van der Waals surface area contributed by atoms with E-state index in [-0.39, 0.29) is 30.3 Å². The summed E-state index contributed by atoms with van der Waals surface area (Å²) in [5.74, 6) is 0.369. The second-order valence-electron chi connectivity index (χ2n) is 6.50. The second-order valence-corrected chi connectivity index (χ2v) is 7.48. The summed E-state index contributed by atoms with van der Waals surface area (Å²) in [6.45, 7) is 7.21. The van der Waals surface area contributed by atoms with Crippen molar-refractivity contribution in [3.63, 3.8) is 0 Å². The van der Waals surface area contributed by atoms with Gasteiger partial charge in [0.2, 0.25) is 5.91 Å². The molecule has 136 valence electrons. The molecule has 0 radical (unpaired) electrons. The Kier molecular flexibility index (Phi) is 7.97. The van der Waals surface area contributed by atoms with Gasteiger partial charge in [0.1, 0.15) is 0 Å². The number of rotatable bonds is 5. The lowest BCUT2D eigenvalue weighted by atomic mass is 9.92. The number of piperidine rings is 1. The zero-order chi connectivity index (χ0) is 16.1. The molecule has 0 saturated carbocycles. The van der Waals surface area contributed by atoms with E-state index in [9.17, 15) is 4.79 Å². The maximum Gasteiger partial charge on any atom is 0.223 e. The third kappa shape index (κ3) is 5.17. The summed E-state index contributed by atoms with van der Waals surface area (Å²) in [4.78, 5) is 16.3. The largest absolute Gasteiger partial charge is 0.379 e. The van der Waals surface area contributed by atoms with Crippen LogP contribution in [0, 0.1) is 5.92 Å². The number of carbonyl (C=O) groups excluding carboxylic acids is 1. The fraction of sp³-hybridized carbons (Fsp3) is 0.706. The van der Waals surface area contributed by atoms with Crippen molar-refractivity contribution in [1.29, 1.82) is 0 Å². The number of carbonyl (C=O) groups is 1. The van der Waals surface area contributed by atoms with Crippen LogP contribution in [-0.2, 0) is 9.53 Å². The molecule has 2 aliphatic rings. The standard InChI is InChI=1S/C17H27N3O2S.ClH/c1-13-11-14(4-5-18-13)17(21)19-12-15(16-3-2-10-23-16)20-6-8-22-9-7-20;/h2-3,10,13-15,18H,4-9,11-12H2,1H3,(H,19,21);1H/t13-,14-,15?;/m0./s1. The van der Waals surface area contributed by atoms with Crippen LogP contribution in [0.5, 0.6) is 0 Å². The van der Waals surface area contributed by atoms with E-state index in [1.165, 1.54) is 4.88 Å². The first-order valence-electron chi connectivity index (χ1n) is 8.60. The Bertz CT molecular complexity index is 494. The number of hydrogen-bond donors (Lipinski definition) is 2. The van der Waals surface area contributed by atoms with Gasteiger partial charge < -0.3 is 15.4 Å². The third-order valence-corrected chi connectivity index (χ3v) is 5.80. The lowest BCUT2D eigenvalue weighted by Gasteiger charge is -2.34. The summed E-state index contributed by atoms with van der Waals surface area (Å²) in [7, 11) is 0. The fourth-order valence-corrected chi connectivity index (χ4v) is 4.35. The van der Waals surface area contributed by atoms with Crippen LogP contribution in [0.1, 0.15) is 30.7 Å². The smallest absolute Gasteiger partial charge is 0.223 e. The monoisotopic (exact) mass is 373 g/mol. The molecule has 7 heteroatoms. The van der Waals surface area contributed by atoms with Crippen molar-refractivity contribution in [2.24, 2.45) is 5.92 Å². The molecule has 24 heavy (non-hydrogen) atoms. The molecule has 1 aromatic heterocycles. The van der Waals surface area contributed by atoms with Crippen molar-refractivity contribution in [3.8, 4) is 0 Å². The minimum absolute atomic E-state index is 0. The molecule has 2 N–H and O–H groups in total. The molecule has 0 spiro atoms. The van der Waals surface area contributed by atoms with E-state index < -0.39 is 0 Å². The molecular weight excluding hydrogens is 346 g/mol. The molecule has 0 bridgehead atoms. The van der Waals surface area contributed by atoms with Crippen LogP contribution in [0.4, 0.5) is 0 Å². The Labute approximate surface area is 154 Å². The summed E-state index contributed by atoms with van der Waals surface area (Å²) in [5.41, 5.74) is 0. The molecule has 2 aliphatic heterocycles. The average molecular weight is 374 g/mol. The van der Waals surface area contributed by atoms with Gasteiger partial charge in [-0.05, 0) is 37.8 Å². The van der Waals surface area contributed by atoms with Crippen LogP contribution < -0.4 is 10.6 Å².